The fourth-order valence-corrected chi connectivity index (χ4v) is 5.20. The lowest BCUT2D eigenvalue weighted by molar-refractivity contribution is -0.142. The van der Waals surface area contributed by atoms with E-state index in [0.717, 1.165) is 51.4 Å². The van der Waals surface area contributed by atoms with Crippen molar-refractivity contribution in [2.45, 2.75) is 147 Å². The molecule has 0 aromatic rings. The summed E-state index contributed by atoms with van der Waals surface area (Å²) in [7, 11) is 0. The molecule has 13 nitrogen and oxygen atoms in total. The van der Waals surface area contributed by atoms with Gasteiger partial charge in [-0.25, -0.2) is 4.79 Å². The lowest BCUT2D eigenvalue weighted by Gasteiger charge is -2.14. The molecule has 5 N–H and O–H groups in total. The minimum absolute atomic E-state index is 0.0131. The number of hydrogen-bond donors (Lipinski definition) is 5. The highest BCUT2D eigenvalue weighted by Crippen LogP contribution is 2.14. The lowest BCUT2D eigenvalue weighted by atomic mass is 10.0. The van der Waals surface area contributed by atoms with Crippen LogP contribution in [0.25, 0.3) is 0 Å². The van der Waals surface area contributed by atoms with Crippen molar-refractivity contribution in [3.63, 3.8) is 0 Å². The van der Waals surface area contributed by atoms with Crippen LogP contribution in [0.4, 0.5) is 0 Å². The Balaban J connectivity index is 3.59. The first kappa shape index (κ1) is 46.2. The average molecular weight is 702 g/mol. The molecule has 0 rings (SSSR count). The highest BCUT2D eigenvalue weighted by Gasteiger charge is 2.20. The van der Waals surface area contributed by atoms with Gasteiger partial charge < -0.3 is 40.4 Å². The third-order valence-electron chi connectivity index (χ3n) is 8.06. The molecule has 0 aromatic heterocycles. The number of carbonyl (C=O) groups is 5. The molecule has 0 aromatic carbocycles. The Morgan fingerprint density at radius 1 is 0.510 bits per heavy atom. The number of carbonyl (C=O) groups excluding carboxylic acids is 3. The average Bonchev–Trinajstić information content (AvgIpc) is 3.07. The summed E-state index contributed by atoms with van der Waals surface area (Å²) in [4.78, 5) is 56.6. The molecule has 0 saturated heterocycles. The van der Waals surface area contributed by atoms with Crippen molar-refractivity contribution >= 4 is 30.2 Å². The van der Waals surface area contributed by atoms with E-state index in [1.165, 1.54) is 57.8 Å². The second-order valence-electron chi connectivity index (χ2n) is 12.5. The number of hydrogen-bond acceptors (Lipinski definition) is 8. The van der Waals surface area contributed by atoms with Gasteiger partial charge in [0.05, 0.1) is 26.4 Å². The second kappa shape index (κ2) is 36.5. The smallest absolute Gasteiger partial charge is 0.326 e. The molecule has 0 unspecified atom stereocenters. The van der Waals surface area contributed by atoms with Crippen molar-refractivity contribution < 1.29 is 48.4 Å². The molecule has 1 atom stereocenters. The summed E-state index contributed by atoms with van der Waals surface area (Å²) in [5, 5.41) is 26.0. The molecule has 0 saturated carbocycles. The van der Waals surface area contributed by atoms with E-state index in [0.29, 0.717) is 78.4 Å². The van der Waals surface area contributed by atoms with E-state index in [-0.39, 0.29) is 24.7 Å². The molecule has 0 heterocycles. The Hall–Kier alpha value is -2.77. The fraction of sp³-hybridized carbons (Fsp3) is 0.861. The highest BCUT2D eigenvalue weighted by molar-refractivity contribution is 5.84. The molecule has 286 valence electrons. The standard InChI is InChI=1S/C36H67N3O10/c40-31-37-23-17-25-47-27-29-49-30-28-48-26-18-24-38-33(41)22-21-32(36(45)46)39-34(42)19-15-13-11-9-7-5-3-1-2-4-6-8-10-12-14-16-20-35(43)44/h31-32H,1-30H2,(H,37,40)(H,38,41)(H,39,42)(H,43,44)(H,45,46)/t32-/m0/s1. The van der Waals surface area contributed by atoms with Crippen molar-refractivity contribution in [3.8, 4) is 0 Å². The van der Waals surface area contributed by atoms with E-state index in [9.17, 15) is 29.1 Å². The van der Waals surface area contributed by atoms with E-state index in [2.05, 4.69) is 16.0 Å². The number of amides is 3. The lowest BCUT2D eigenvalue weighted by Crippen LogP contribution is -2.41. The largest absolute Gasteiger partial charge is 0.481 e. The number of carboxylic acids is 2. The van der Waals surface area contributed by atoms with Gasteiger partial charge in [0, 0.05) is 45.6 Å². The van der Waals surface area contributed by atoms with E-state index in [1.54, 1.807) is 0 Å². The molecule has 0 spiro atoms. The van der Waals surface area contributed by atoms with E-state index in [4.69, 9.17) is 19.3 Å². The zero-order chi connectivity index (χ0) is 36.0. The van der Waals surface area contributed by atoms with E-state index < -0.39 is 18.0 Å². The van der Waals surface area contributed by atoms with Gasteiger partial charge >= 0.3 is 11.9 Å². The fourth-order valence-electron chi connectivity index (χ4n) is 5.20. The van der Waals surface area contributed by atoms with Crippen molar-refractivity contribution in [2.75, 3.05) is 52.7 Å². The van der Waals surface area contributed by atoms with Crippen LogP contribution in [-0.4, -0.2) is 99.1 Å². The van der Waals surface area contributed by atoms with Crippen LogP contribution in [0.3, 0.4) is 0 Å². The van der Waals surface area contributed by atoms with Crippen molar-refractivity contribution in [3.05, 3.63) is 0 Å². The van der Waals surface area contributed by atoms with Crippen molar-refractivity contribution in [2.24, 2.45) is 0 Å². The quantitative estimate of drug-likeness (QED) is 0.0424. The summed E-state index contributed by atoms with van der Waals surface area (Å²) in [6.07, 6.45) is 20.8. The molecule has 0 fully saturated rings. The molecular weight excluding hydrogens is 634 g/mol. The summed E-state index contributed by atoms with van der Waals surface area (Å²) in [5.41, 5.74) is 0. The van der Waals surface area contributed by atoms with Gasteiger partial charge in [-0.2, -0.15) is 0 Å². The topological polar surface area (TPSA) is 190 Å². The van der Waals surface area contributed by atoms with Gasteiger partial charge in [-0.3, -0.25) is 19.2 Å². The normalized spacial score (nSPS) is 11.6. The third kappa shape index (κ3) is 36.3. The molecular formula is C36H67N3O10. The van der Waals surface area contributed by atoms with Gasteiger partial charge in [0.15, 0.2) is 0 Å². The van der Waals surface area contributed by atoms with Crippen LogP contribution in [0, 0.1) is 0 Å². The Bertz CT molecular complexity index is 831. The van der Waals surface area contributed by atoms with E-state index >= 15 is 0 Å². The number of ether oxygens (including phenoxy) is 3. The van der Waals surface area contributed by atoms with Crippen LogP contribution in [0.1, 0.15) is 141 Å². The first-order valence-corrected chi connectivity index (χ1v) is 18.8. The Morgan fingerprint density at radius 3 is 1.39 bits per heavy atom. The van der Waals surface area contributed by atoms with Gasteiger partial charge in [-0.05, 0) is 32.1 Å². The van der Waals surface area contributed by atoms with Gasteiger partial charge in [0.25, 0.3) is 0 Å². The first-order valence-electron chi connectivity index (χ1n) is 18.8. The molecule has 0 radical (unpaired) electrons. The van der Waals surface area contributed by atoms with Crippen LogP contribution in [0.2, 0.25) is 0 Å². The number of unbranched alkanes of at least 4 members (excludes halogenated alkanes) is 15. The maximum atomic E-state index is 12.3. The molecule has 13 heteroatoms. The van der Waals surface area contributed by atoms with Gasteiger partial charge in [-0.15, -0.1) is 0 Å². The minimum Gasteiger partial charge on any atom is -0.481 e. The predicted molar refractivity (Wildman–Crippen MR) is 188 cm³/mol. The van der Waals surface area contributed by atoms with Crippen molar-refractivity contribution in [1.82, 2.24) is 16.0 Å². The summed E-state index contributed by atoms with van der Waals surface area (Å²) < 4.78 is 16.2. The number of rotatable bonds is 39. The molecule has 3 amide bonds. The summed E-state index contributed by atoms with van der Waals surface area (Å²) in [6.45, 7) is 3.84. The number of aliphatic carboxylic acids is 2. The number of carboxylic acid groups (broad SMARTS) is 2. The van der Waals surface area contributed by atoms with E-state index in [1.807, 2.05) is 0 Å². The maximum absolute atomic E-state index is 12.3. The Morgan fingerprint density at radius 2 is 0.939 bits per heavy atom. The number of nitrogens with one attached hydrogen (secondary N) is 3. The first-order chi connectivity index (χ1) is 23.9. The Kier molecular flexibility index (Phi) is 34.4. The molecule has 0 bridgehead atoms. The SMILES string of the molecule is O=CNCCCOCCOCCOCCCNC(=O)CC[C@H](NC(=O)CCCCCCCCCCCCCCCCCCC(=O)O)C(=O)O. The second-order valence-corrected chi connectivity index (χ2v) is 12.5. The van der Waals surface area contributed by atoms with Crippen LogP contribution < -0.4 is 16.0 Å². The maximum Gasteiger partial charge on any atom is 0.326 e. The Labute approximate surface area is 294 Å². The van der Waals surface area contributed by atoms with Crippen LogP contribution in [-0.2, 0) is 38.2 Å². The summed E-state index contributed by atoms with van der Waals surface area (Å²) in [5.74, 6) is -2.38. The van der Waals surface area contributed by atoms with Crippen molar-refractivity contribution in [1.29, 1.82) is 0 Å². The third-order valence-corrected chi connectivity index (χ3v) is 8.06. The molecule has 0 aliphatic heterocycles. The predicted octanol–water partition coefficient (Wildman–Crippen LogP) is 5.13. The van der Waals surface area contributed by atoms with Gasteiger partial charge in [-0.1, -0.05) is 89.9 Å². The summed E-state index contributed by atoms with van der Waals surface area (Å²) in [6, 6.07) is -1.08. The van der Waals surface area contributed by atoms with Crippen LogP contribution in [0.5, 0.6) is 0 Å². The molecule has 0 aliphatic rings. The monoisotopic (exact) mass is 701 g/mol. The van der Waals surface area contributed by atoms with Crippen LogP contribution >= 0.6 is 0 Å². The molecule has 49 heavy (non-hydrogen) atoms. The van der Waals surface area contributed by atoms with Gasteiger partial charge in [0.1, 0.15) is 6.04 Å². The summed E-state index contributed by atoms with van der Waals surface area (Å²) >= 11 is 0. The zero-order valence-electron chi connectivity index (χ0n) is 30.0. The van der Waals surface area contributed by atoms with Crippen LogP contribution in [0.15, 0.2) is 0 Å². The van der Waals surface area contributed by atoms with Gasteiger partial charge in [0.2, 0.25) is 18.2 Å². The minimum atomic E-state index is -1.14. The highest BCUT2D eigenvalue weighted by atomic mass is 16.5. The molecule has 0 aliphatic carbocycles. The zero-order valence-corrected chi connectivity index (χ0v) is 30.0.